The zero-order chi connectivity index (χ0) is 11.3. The molecule has 6 nitrogen and oxygen atoms in total. The van der Waals surface area contributed by atoms with Crippen molar-refractivity contribution in [1.82, 2.24) is 0 Å². The molecule has 0 saturated heterocycles. The van der Waals surface area contributed by atoms with Crippen LogP contribution in [0, 0.1) is 0 Å². The van der Waals surface area contributed by atoms with Gasteiger partial charge in [-0.05, 0) is 19.1 Å². The smallest absolute Gasteiger partial charge is 0.420 e. The zero-order valence-electron chi connectivity index (χ0n) is 8.08. The zero-order valence-corrected chi connectivity index (χ0v) is 8.08. The number of aliphatic hydroxyl groups is 1. The minimum atomic E-state index is -1.43. The molecule has 15 heavy (non-hydrogen) atoms. The van der Waals surface area contributed by atoms with Gasteiger partial charge in [-0.2, -0.15) is 4.79 Å². The third kappa shape index (κ3) is 2.52. The summed E-state index contributed by atoms with van der Waals surface area (Å²) >= 11 is 0. The average Bonchev–Trinajstić information content (AvgIpc) is 2.71. The summed E-state index contributed by atoms with van der Waals surface area (Å²) in [7, 11) is 0. The van der Waals surface area contributed by atoms with Crippen molar-refractivity contribution >= 4 is 11.7 Å². The molecular weight excluding hydrogens is 200 g/mol. The number of hydrogen-bond donors (Lipinski definition) is 1. The predicted octanol–water partition coefficient (Wildman–Crippen LogP) is 0.547. The molecule has 0 aliphatic heterocycles. The van der Waals surface area contributed by atoms with Crippen LogP contribution >= 0.6 is 0 Å². The van der Waals surface area contributed by atoms with E-state index in [0.29, 0.717) is 0 Å². The minimum Gasteiger partial charge on any atom is -0.466 e. The SMILES string of the molecule is CCOC(=O)C(=[N+]=[N-])[C@@H](O)c1ccco1. The van der Waals surface area contributed by atoms with E-state index in [1.54, 1.807) is 13.0 Å². The Hall–Kier alpha value is -1.91. The normalized spacial score (nSPS) is 11.6. The van der Waals surface area contributed by atoms with E-state index in [0.717, 1.165) is 0 Å². The summed E-state index contributed by atoms with van der Waals surface area (Å²) in [5, 5.41) is 9.58. The first-order chi connectivity index (χ1) is 7.20. The Bertz CT molecular complexity index is 379. The van der Waals surface area contributed by atoms with Crippen LogP contribution in [0.3, 0.4) is 0 Å². The molecule has 0 bridgehead atoms. The Balaban J connectivity index is 2.85. The fraction of sp³-hybridized carbons (Fsp3) is 0.333. The number of esters is 1. The molecule has 0 saturated carbocycles. The molecule has 1 N–H and O–H groups in total. The maximum Gasteiger partial charge on any atom is 0.420 e. The molecule has 0 amide bonds. The molecule has 0 unspecified atom stereocenters. The van der Waals surface area contributed by atoms with Crippen molar-refractivity contribution in [1.29, 1.82) is 0 Å². The first-order valence-corrected chi connectivity index (χ1v) is 4.31. The standard InChI is InChI=1S/C9H10N2O4/c1-2-14-9(13)7(11-10)8(12)6-4-3-5-15-6/h3-5,8,12H,2H2,1H3/t8-/m0/s1. The van der Waals surface area contributed by atoms with E-state index in [1.807, 2.05) is 0 Å². The van der Waals surface area contributed by atoms with E-state index in [4.69, 9.17) is 9.95 Å². The summed E-state index contributed by atoms with van der Waals surface area (Å²) in [4.78, 5) is 13.9. The highest BCUT2D eigenvalue weighted by Gasteiger charge is 2.34. The fourth-order valence-corrected chi connectivity index (χ4v) is 0.994. The molecule has 1 rings (SSSR count). The molecule has 80 valence electrons. The van der Waals surface area contributed by atoms with Gasteiger partial charge in [0.2, 0.25) is 6.10 Å². The Labute approximate surface area is 85.7 Å². The van der Waals surface area contributed by atoms with Gasteiger partial charge in [-0.1, -0.05) is 0 Å². The van der Waals surface area contributed by atoms with Crippen molar-refractivity contribution in [3.8, 4) is 0 Å². The first kappa shape index (κ1) is 11.2. The molecule has 1 aromatic rings. The number of rotatable bonds is 4. The lowest BCUT2D eigenvalue weighted by atomic mass is 10.2. The van der Waals surface area contributed by atoms with Gasteiger partial charge < -0.3 is 19.8 Å². The number of furan rings is 1. The second-order valence-corrected chi connectivity index (χ2v) is 2.62. The monoisotopic (exact) mass is 210 g/mol. The second kappa shape index (κ2) is 5.09. The number of carbonyl (C=O) groups is 1. The summed E-state index contributed by atoms with van der Waals surface area (Å²) in [5.41, 5.74) is 8.07. The Morgan fingerprint density at radius 3 is 3.00 bits per heavy atom. The van der Waals surface area contributed by atoms with Gasteiger partial charge in [0, 0.05) is 0 Å². The number of ether oxygens (including phenoxy) is 1. The van der Waals surface area contributed by atoms with Crippen LogP contribution < -0.4 is 0 Å². The molecule has 0 spiro atoms. The van der Waals surface area contributed by atoms with Crippen molar-refractivity contribution in [3.63, 3.8) is 0 Å². The molecule has 0 aliphatic rings. The van der Waals surface area contributed by atoms with Crippen LogP contribution in [-0.2, 0) is 9.53 Å². The van der Waals surface area contributed by atoms with Crippen molar-refractivity contribution in [2.24, 2.45) is 0 Å². The van der Waals surface area contributed by atoms with E-state index in [2.05, 4.69) is 9.53 Å². The predicted molar refractivity (Wildman–Crippen MR) is 48.9 cm³/mol. The van der Waals surface area contributed by atoms with Gasteiger partial charge in [-0.15, -0.1) is 0 Å². The molecule has 0 aromatic carbocycles. The molecule has 1 aromatic heterocycles. The average molecular weight is 210 g/mol. The fourth-order valence-electron chi connectivity index (χ4n) is 0.994. The van der Waals surface area contributed by atoms with Gasteiger partial charge in [0.1, 0.15) is 5.76 Å². The largest absolute Gasteiger partial charge is 0.466 e. The van der Waals surface area contributed by atoms with Crippen molar-refractivity contribution < 1.29 is 23.8 Å². The highest BCUT2D eigenvalue weighted by molar-refractivity contribution is 6.35. The van der Waals surface area contributed by atoms with Crippen LogP contribution in [0.1, 0.15) is 18.8 Å². The molecule has 1 atom stereocenters. The first-order valence-electron chi connectivity index (χ1n) is 4.31. The van der Waals surface area contributed by atoms with Gasteiger partial charge in [-0.25, -0.2) is 4.79 Å². The van der Waals surface area contributed by atoms with Crippen LogP contribution in [0.25, 0.3) is 5.53 Å². The van der Waals surface area contributed by atoms with E-state index >= 15 is 0 Å². The molecule has 0 aliphatic carbocycles. The molecule has 6 heteroatoms. The number of aliphatic hydroxyl groups excluding tert-OH is 1. The summed E-state index contributed by atoms with van der Waals surface area (Å²) in [6.07, 6.45) is -0.0948. The van der Waals surface area contributed by atoms with Crippen molar-refractivity contribution in [2.45, 2.75) is 13.0 Å². The Morgan fingerprint density at radius 2 is 2.53 bits per heavy atom. The Morgan fingerprint density at radius 1 is 1.80 bits per heavy atom. The highest BCUT2D eigenvalue weighted by atomic mass is 16.5. The van der Waals surface area contributed by atoms with E-state index in [9.17, 15) is 9.90 Å². The topological polar surface area (TPSA) is 96.1 Å². The van der Waals surface area contributed by atoms with E-state index in [1.165, 1.54) is 12.3 Å². The molecule has 0 radical (unpaired) electrons. The number of hydrogen-bond acceptors (Lipinski definition) is 4. The third-order valence-corrected chi connectivity index (χ3v) is 1.66. The minimum absolute atomic E-state index is 0.107. The van der Waals surface area contributed by atoms with Crippen LogP contribution in [0.5, 0.6) is 0 Å². The van der Waals surface area contributed by atoms with Gasteiger partial charge in [0.25, 0.3) is 0 Å². The number of carbonyl (C=O) groups excluding carboxylic acids is 1. The maximum atomic E-state index is 11.2. The van der Waals surface area contributed by atoms with Gasteiger partial charge in [0.15, 0.2) is 0 Å². The van der Waals surface area contributed by atoms with Crippen molar-refractivity contribution in [3.05, 3.63) is 29.7 Å². The van der Waals surface area contributed by atoms with Gasteiger partial charge in [-0.3, -0.25) is 0 Å². The summed E-state index contributed by atoms with van der Waals surface area (Å²) in [6, 6.07) is 2.99. The van der Waals surface area contributed by atoms with Crippen LogP contribution in [0.4, 0.5) is 0 Å². The van der Waals surface area contributed by atoms with Crippen LogP contribution in [0.15, 0.2) is 22.8 Å². The van der Waals surface area contributed by atoms with Gasteiger partial charge in [0.05, 0.1) is 12.9 Å². The number of nitrogens with zero attached hydrogens (tertiary/aromatic N) is 2. The van der Waals surface area contributed by atoms with E-state index in [-0.39, 0.29) is 12.4 Å². The van der Waals surface area contributed by atoms with E-state index < -0.39 is 17.8 Å². The summed E-state index contributed by atoms with van der Waals surface area (Å²) < 4.78 is 9.44. The van der Waals surface area contributed by atoms with Crippen LogP contribution in [0.2, 0.25) is 0 Å². The lowest BCUT2D eigenvalue weighted by Gasteiger charge is -2.02. The van der Waals surface area contributed by atoms with Crippen molar-refractivity contribution in [2.75, 3.05) is 6.61 Å². The molecule has 1 heterocycles. The summed E-state index contributed by atoms with van der Waals surface area (Å²) in [6.45, 7) is 1.73. The maximum absolute atomic E-state index is 11.2. The molecular formula is C9H10N2O4. The Kier molecular flexibility index (Phi) is 3.79. The van der Waals surface area contributed by atoms with Crippen LogP contribution in [-0.4, -0.2) is 28.2 Å². The summed E-state index contributed by atoms with van der Waals surface area (Å²) in [5.74, 6) is -0.778. The highest BCUT2D eigenvalue weighted by Crippen LogP contribution is 2.14. The lowest BCUT2D eigenvalue weighted by molar-refractivity contribution is -0.141. The lowest BCUT2D eigenvalue weighted by Crippen LogP contribution is -2.25. The second-order valence-electron chi connectivity index (χ2n) is 2.62. The van der Waals surface area contributed by atoms with Gasteiger partial charge >= 0.3 is 11.7 Å². The quantitative estimate of drug-likeness (QED) is 0.339. The molecule has 0 fully saturated rings. The third-order valence-electron chi connectivity index (χ3n) is 1.66.